The first-order valence-electron chi connectivity index (χ1n) is 13.2. The Morgan fingerprint density at radius 1 is 0.632 bits per heavy atom. The van der Waals surface area contributed by atoms with Gasteiger partial charge in [-0.3, -0.25) is 24.3 Å². The average Bonchev–Trinajstić information content (AvgIpc) is 3.59. The topological polar surface area (TPSA) is 0 Å². The quantitative estimate of drug-likeness (QED) is 0.380. The Morgan fingerprint density at radius 3 is 1.08 bits per heavy atom. The first-order valence-corrected chi connectivity index (χ1v) is 13.2. The van der Waals surface area contributed by atoms with Gasteiger partial charge in [0.2, 0.25) is 0 Å². The monoisotopic (exact) mass is 706 g/mol. The van der Waals surface area contributed by atoms with Crippen molar-refractivity contribution in [3.63, 3.8) is 0 Å². The fourth-order valence-electron chi connectivity index (χ4n) is 4.11. The molecule has 0 radical (unpaired) electrons. The molecule has 0 N–H and O–H groups in total. The average molecular weight is 710 g/mol. The molecule has 0 spiro atoms. The molecule has 2 atom stereocenters. The van der Waals surface area contributed by atoms with Crippen LogP contribution >= 0.6 is 0 Å². The van der Waals surface area contributed by atoms with Gasteiger partial charge in [-0.2, -0.15) is 34.4 Å². The van der Waals surface area contributed by atoms with E-state index >= 15 is 0 Å². The standard InChI is InChI=1S/2C9H13.2C8H11.2ClH.2Zr/c2*1-6-5-7(2)9(4)8(6)3;2*1-2-5-8-6-3-4-7-8;;;;/h2*6H,1-4H3;2*3,6H,2,4-5H2,1H3;2*1H;;/q4*-1;;;2*+2/p-2. The third-order valence-corrected chi connectivity index (χ3v) is 7.04. The van der Waals surface area contributed by atoms with Crippen LogP contribution in [0.1, 0.15) is 108 Å². The molecule has 4 rings (SSSR count). The van der Waals surface area contributed by atoms with E-state index in [1.165, 1.54) is 70.3 Å². The Morgan fingerprint density at radius 2 is 0.947 bits per heavy atom. The predicted octanol–water partition coefficient (Wildman–Crippen LogP) is 4.40. The first-order chi connectivity index (χ1) is 16.1. The van der Waals surface area contributed by atoms with Crippen LogP contribution in [0, 0.1) is 36.1 Å². The molecule has 0 saturated carbocycles. The number of rotatable bonds is 4. The third-order valence-electron chi connectivity index (χ3n) is 7.04. The molecule has 0 amide bonds. The largest absolute Gasteiger partial charge is 2.00 e. The van der Waals surface area contributed by atoms with E-state index in [2.05, 4.69) is 118 Å². The van der Waals surface area contributed by atoms with Crippen molar-refractivity contribution in [2.45, 2.75) is 108 Å². The SMILES string of the molecule is CC1=[C-]C(C)C(C)=C1C.CC1=[C-]C(C)C(C)=C1C.CCCC1=[C-]CC=C1.CCCC1=[C-]CC=C1.[Cl-].[Cl-].[Zr+2].[Zr+2]. The molecule has 0 saturated heterocycles. The summed E-state index contributed by atoms with van der Waals surface area (Å²) in [6.07, 6.45) is 28.9. The summed E-state index contributed by atoms with van der Waals surface area (Å²) < 4.78 is 0. The molecule has 0 aromatic rings. The number of allylic oxidation sites excluding steroid dienone is 16. The van der Waals surface area contributed by atoms with E-state index in [9.17, 15) is 0 Å². The zero-order valence-corrected chi connectivity index (χ0v) is 31.9. The Kier molecular flexibility index (Phi) is 29.8. The maximum Gasteiger partial charge on any atom is 2.00 e. The van der Waals surface area contributed by atoms with Crippen LogP contribution in [-0.2, 0) is 52.4 Å². The van der Waals surface area contributed by atoms with Gasteiger partial charge in [0, 0.05) is 0 Å². The predicted molar refractivity (Wildman–Crippen MR) is 151 cm³/mol. The molecule has 0 bridgehead atoms. The van der Waals surface area contributed by atoms with Crippen LogP contribution in [-0.4, -0.2) is 0 Å². The van der Waals surface area contributed by atoms with Gasteiger partial charge in [-0.05, 0) is 0 Å². The van der Waals surface area contributed by atoms with Crippen molar-refractivity contribution in [1.82, 2.24) is 0 Å². The minimum atomic E-state index is 0. The summed E-state index contributed by atoms with van der Waals surface area (Å²) in [6, 6.07) is 0. The van der Waals surface area contributed by atoms with Gasteiger partial charge >= 0.3 is 52.4 Å². The van der Waals surface area contributed by atoms with E-state index in [1.807, 2.05) is 0 Å². The summed E-state index contributed by atoms with van der Waals surface area (Å²) in [5, 5.41) is 0. The molecule has 38 heavy (non-hydrogen) atoms. The molecular formula is C34H48Cl2Zr2-2. The molecule has 4 aliphatic carbocycles. The number of halogens is 2. The van der Waals surface area contributed by atoms with Crippen molar-refractivity contribution < 1.29 is 77.2 Å². The van der Waals surface area contributed by atoms with Gasteiger partial charge in [-0.15, -0.1) is 26.7 Å². The van der Waals surface area contributed by atoms with Crippen LogP contribution in [0.15, 0.2) is 68.9 Å². The Bertz CT molecular complexity index is 848. The number of hydrogen-bond donors (Lipinski definition) is 0. The van der Waals surface area contributed by atoms with Crippen LogP contribution < -0.4 is 24.8 Å². The zero-order valence-electron chi connectivity index (χ0n) is 25.5. The van der Waals surface area contributed by atoms with E-state index in [1.54, 1.807) is 0 Å². The molecular weight excluding hydrogens is 662 g/mol. The summed E-state index contributed by atoms with van der Waals surface area (Å²) >= 11 is 0. The fraction of sp³-hybridized carbons (Fsp3) is 0.529. The van der Waals surface area contributed by atoms with E-state index in [-0.39, 0.29) is 77.2 Å². The van der Waals surface area contributed by atoms with Crippen LogP contribution in [0.2, 0.25) is 0 Å². The normalized spacial score (nSPS) is 19.9. The van der Waals surface area contributed by atoms with Crippen molar-refractivity contribution in [1.29, 1.82) is 0 Å². The van der Waals surface area contributed by atoms with Crippen molar-refractivity contribution >= 4 is 0 Å². The molecule has 0 aliphatic heterocycles. The van der Waals surface area contributed by atoms with Crippen LogP contribution in [0.3, 0.4) is 0 Å². The Labute approximate surface area is 287 Å². The fourth-order valence-corrected chi connectivity index (χ4v) is 4.11. The second-order valence-electron chi connectivity index (χ2n) is 9.72. The third kappa shape index (κ3) is 16.5. The molecule has 0 nitrogen and oxygen atoms in total. The molecule has 208 valence electrons. The van der Waals surface area contributed by atoms with Gasteiger partial charge in [0.15, 0.2) is 0 Å². The minimum absolute atomic E-state index is 0. The van der Waals surface area contributed by atoms with Crippen molar-refractivity contribution in [3.8, 4) is 0 Å². The molecule has 0 aromatic carbocycles. The van der Waals surface area contributed by atoms with Gasteiger partial charge in [0.05, 0.1) is 0 Å². The van der Waals surface area contributed by atoms with Crippen molar-refractivity contribution in [3.05, 3.63) is 93.2 Å². The molecule has 4 aliphatic rings. The zero-order chi connectivity index (χ0) is 25.7. The molecule has 0 aromatic heterocycles. The maximum atomic E-state index is 3.36. The van der Waals surface area contributed by atoms with Crippen molar-refractivity contribution in [2.75, 3.05) is 0 Å². The van der Waals surface area contributed by atoms with Crippen LogP contribution in [0.5, 0.6) is 0 Å². The van der Waals surface area contributed by atoms with Crippen LogP contribution in [0.4, 0.5) is 0 Å². The Hall–Kier alpha value is 0.266. The summed E-state index contributed by atoms with van der Waals surface area (Å²) in [5.74, 6) is 1.12. The summed E-state index contributed by atoms with van der Waals surface area (Å²) in [7, 11) is 0. The van der Waals surface area contributed by atoms with E-state index in [4.69, 9.17) is 0 Å². The Balaban J connectivity index is -0.000000196. The second kappa shape index (κ2) is 25.0. The van der Waals surface area contributed by atoms with E-state index < -0.39 is 0 Å². The molecule has 0 fully saturated rings. The summed E-state index contributed by atoms with van der Waals surface area (Å²) in [5.41, 5.74) is 11.3. The molecule has 0 heterocycles. The van der Waals surface area contributed by atoms with E-state index in [0.29, 0.717) is 11.8 Å². The van der Waals surface area contributed by atoms with Gasteiger partial charge in [0.25, 0.3) is 0 Å². The summed E-state index contributed by atoms with van der Waals surface area (Å²) in [6.45, 7) is 21.7. The van der Waals surface area contributed by atoms with Gasteiger partial charge in [-0.25, -0.2) is 34.4 Å². The van der Waals surface area contributed by atoms with Gasteiger partial charge < -0.3 is 24.8 Å². The maximum absolute atomic E-state index is 3.36. The molecule has 4 heteroatoms. The van der Waals surface area contributed by atoms with Gasteiger partial charge in [-0.1, -0.05) is 92.9 Å². The second-order valence-corrected chi connectivity index (χ2v) is 9.72. The van der Waals surface area contributed by atoms with Gasteiger partial charge in [0.1, 0.15) is 0 Å². The number of hydrogen-bond acceptors (Lipinski definition) is 0. The minimum Gasteiger partial charge on any atom is -1.00 e. The van der Waals surface area contributed by atoms with E-state index in [0.717, 1.165) is 12.8 Å². The smallest absolute Gasteiger partial charge is 1.00 e. The van der Waals surface area contributed by atoms with Crippen molar-refractivity contribution in [2.24, 2.45) is 11.8 Å². The summed E-state index contributed by atoms with van der Waals surface area (Å²) in [4.78, 5) is 0. The first kappa shape index (κ1) is 45.3. The van der Waals surface area contributed by atoms with Crippen LogP contribution in [0.25, 0.3) is 0 Å². The molecule has 2 unspecified atom stereocenters.